The van der Waals surface area contributed by atoms with E-state index in [0.29, 0.717) is 25.4 Å². The van der Waals surface area contributed by atoms with Crippen LogP contribution >= 0.6 is 11.3 Å². The highest BCUT2D eigenvalue weighted by Gasteiger charge is 2.31. The van der Waals surface area contributed by atoms with Crippen LogP contribution in [0.25, 0.3) is 0 Å². The van der Waals surface area contributed by atoms with Crippen molar-refractivity contribution in [3.05, 3.63) is 71.1 Å². The van der Waals surface area contributed by atoms with Gasteiger partial charge in [-0.2, -0.15) is 0 Å². The Hall–Kier alpha value is -3.16. The van der Waals surface area contributed by atoms with Gasteiger partial charge in [0.2, 0.25) is 0 Å². The molecule has 0 radical (unpaired) electrons. The van der Waals surface area contributed by atoms with Crippen molar-refractivity contribution in [1.82, 2.24) is 9.80 Å². The lowest BCUT2D eigenvalue weighted by atomic mass is 10.0. The van der Waals surface area contributed by atoms with E-state index in [2.05, 4.69) is 23.6 Å². The molecule has 0 unspecified atom stereocenters. The number of methoxy groups -OCH3 is 1. The van der Waals surface area contributed by atoms with Gasteiger partial charge in [0.1, 0.15) is 15.7 Å². The van der Waals surface area contributed by atoms with Crippen molar-refractivity contribution in [1.29, 1.82) is 0 Å². The zero-order valence-electron chi connectivity index (χ0n) is 27.3. The summed E-state index contributed by atoms with van der Waals surface area (Å²) in [6.45, 7) is 7.86. The second kappa shape index (κ2) is 16.6. The number of thiophene rings is 1. The molecule has 1 amide bonds. The number of hydrogen-bond acceptors (Lipinski definition) is 9. The molecule has 0 aliphatic carbocycles. The number of carbonyl (C=O) groups is 1. The van der Waals surface area contributed by atoms with E-state index in [0.717, 1.165) is 48.5 Å². The minimum absolute atomic E-state index is 0.0805. The molecule has 1 aromatic heterocycles. The Labute approximate surface area is 277 Å². The standard InChI is InChI=1S/C34H47N3O7S2/c1-24-20-37(25(2)23-38)34(39)30-19-28(35-46(40,41)33-10-8-18-45-33)13-16-31(30)44-26(3)9-6-7-17-43-32(24)22-36(4)21-27-11-14-29(42-5)15-12-27/h8,10-16,18-19,24-26,32,35,38H,6-7,9,17,20-23H2,1-5H3/t24-,25-,26-,32+/m0/s1. The lowest BCUT2D eigenvalue weighted by Crippen LogP contribution is -2.47. The van der Waals surface area contributed by atoms with E-state index < -0.39 is 16.1 Å². The fourth-order valence-electron chi connectivity index (χ4n) is 5.48. The molecule has 0 fully saturated rings. The Morgan fingerprint density at radius 1 is 1.15 bits per heavy atom. The quantitative estimate of drug-likeness (QED) is 0.291. The Bertz CT molecular complexity index is 1500. The predicted molar refractivity (Wildman–Crippen MR) is 181 cm³/mol. The summed E-state index contributed by atoms with van der Waals surface area (Å²) in [4.78, 5) is 18.2. The monoisotopic (exact) mass is 673 g/mol. The van der Waals surface area contributed by atoms with E-state index >= 15 is 0 Å². The summed E-state index contributed by atoms with van der Waals surface area (Å²) >= 11 is 1.11. The first kappa shape index (κ1) is 35.7. The number of carbonyl (C=O) groups excluding carboxylic acids is 1. The summed E-state index contributed by atoms with van der Waals surface area (Å²) in [5.74, 6) is 0.757. The fraction of sp³-hybridized carbons (Fsp3) is 0.500. The van der Waals surface area contributed by atoms with Crippen molar-refractivity contribution in [3.8, 4) is 11.5 Å². The van der Waals surface area contributed by atoms with Gasteiger partial charge in [0.15, 0.2) is 0 Å². The van der Waals surface area contributed by atoms with Crippen molar-refractivity contribution in [2.75, 3.05) is 45.2 Å². The molecule has 2 heterocycles. The maximum absolute atomic E-state index is 14.3. The molecule has 2 N–H and O–H groups in total. The van der Waals surface area contributed by atoms with Crippen molar-refractivity contribution in [2.24, 2.45) is 5.92 Å². The smallest absolute Gasteiger partial charge is 0.271 e. The number of nitrogens with zero attached hydrogens (tertiary/aromatic N) is 2. The van der Waals surface area contributed by atoms with Gasteiger partial charge in [0.25, 0.3) is 15.9 Å². The minimum atomic E-state index is -3.83. The van der Waals surface area contributed by atoms with Crippen LogP contribution in [-0.4, -0.2) is 87.9 Å². The molecule has 0 saturated carbocycles. The van der Waals surface area contributed by atoms with Gasteiger partial charge in [0.05, 0.1) is 37.5 Å². The second-order valence-corrected chi connectivity index (χ2v) is 15.0. The zero-order chi connectivity index (χ0) is 33.3. The summed E-state index contributed by atoms with van der Waals surface area (Å²) < 4.78 is 46.8. The third-order valence-electron chi connectivity index (χ3n) is 8.17. The number of benzene rings is 2. The number of aliphatic hydroxyl groups excluding tert-OH is 1. The number of nitrogens with one attached hydrogen (secondary N) is 1. The van der Waals surface area contributed by atoms with Crippen molar-refractivity contribution >= 4 is 33.0 Å². The third kappa shape index (κ3) is 9.68. The maximum atomic E-state index is 14.3. The Balaban J connectivity index is 1.61. The van der Waals surface area contributed by atoms with E-state index in [1.165, 1.54) is 12.1 Å². The SMILES string of the molecule is COc1ccc(CN(C)C[C@H]2OCCCC[C@H](C)Oc3ccc(NS(=O)(=O)c4cccs4)cc3C(=O)N([C@@H](C)CO)C[C@@H]2C)cc1. The van der Waals surface area contributed by atoms with Gasteiger partial charge in [-0.3, -0.25) is 14.4 Å². The first-order chi connectivity index (χ1) is 22.0. The van der Waals surface area contributed by atoms with Gasteiger partial charge in [-0.1, -0.05) is 25.1 Å². The van der Waals surface area contributed by atoms with Crippen LogP contribution in [-0.2, 0) is 21.3 Å². The number of fused-ring (bicyclic) bond motifs is 1. The normalized spacial score (nSPS) is 20.8. The van der Waals surface area contributed by atoms with Crippen molar-refractivity contribution in [2.45, 2.75) is 69.0 Å². The molecule has 46 heavy (non-hydrogen) atoms. The molecule has 3 aromatic rings. The van der Waals surface area contributed by atoms with Crippen LogP contribution in [0.2, 0.25) is 0 Å². The van der Waals surface area contributed by atoms with Crippen LogP contribution in [0.4, 0.5) is 5.69 Å². The van der Waals surface area contributed by atoms with Gasteiger partial charge >= 0.3 is 0 Å². The van der Waals surface area contributed by atoms with E-state index in [4.69, 9.17) is 14.2 Å². The molecular weight excluding hydrogens is 627 g/mol. The highest BCUT2D eigenvalue weighted by molar-refractivity contribution is 7.94. The maximum Gasteiger partial charge on any atom is 0.271 e. The van der Waals surface area contributed by atoms with Crippen LogP contribution in [0.1, 0.15) is 56.0 Å². The van der Waals surface area contributed by atoms with E-state index in [1.807, 2.05) is 31.2 Å². The largest absolute Gasteiger partial charge is 0.497 e. The van der Waals surface area contributed by atoms with Crippen LogP contribution in [0.3, 0.4) is 0 Å². The average molecular weight is 674 g/mol. The van der Waals surface area contributed by atoms with Gasteiger partial charge in [-0.25, -0.2) is 8.42 Å². The molecule has 0 bridgehead atoms. The highest BCUT2D eigenvalue weighted by atomic mass is 32.2. The molecule has 0 spiro atoms. The Kier molecular flexibility index (Phi) is 12.9. The van der Waals surface area contributed by atoms with Crippen LogP contribution < -0.4 is 14.2 Å². The number of sulfonamides is 1. The van der Waals surface area contributed by atoms with Gasteiger partial charge in [0, 0.05) is 37.8 Å². The fourth-order valence-corrected chi connectivity index (χ4v) is 7.53. The molecular formula is C34H47N3O7S2. The summed E-state index contributed by atoms with van der Waals surface area (Å²) in [5.41, 5.74) is 1.64. The van der Waals surface area contributed by atoms with E-state index in [1.54, 1.807) is 42.5 Å². The number of aliphatic hydroxyl groups is 1. The zero-order valence-corrected chi connectivity index (χ0v) is 29.0. The number of ether oxygens (including phenoxy) is 3. The molecule has 252 valence electrons. The van der Waals surface area contributed by atoms with Crippen molar-refractivity contribution in [3.63, 3.8) is 0 Å². The number of likely N-dealkylation sites (N-methyl/N-ethyl adjacent to an activating group) is 1. The van der Waals surface area contributed by atoms with Gasteiger partial charge < -0.3 is 24.2 Å². The summed E-state index contributed by atoms with van der Waals surface area (Å²) in [6.07, 6.45) is 2.16. The molecule has 0 saturated heterocycles. The third-order valence-corrected chi connectivity index (χ3v) is 10.9. The molecule has 12 heteroatoms. The Morgan fingerprint density at radius 2 is 1.91 bits per heavy atom. The highest BCUT2D eigenvalue weighted by Crippen LogP contribution is 2.30. The molecule has 1 aliphatic heterocycles. The molecule has 4 atom stereocenters. The molecule has 4 rings (SSSR count). The summed E-state index contributed by atoms with van der Waals surface area (Å²) in [5, 5.41) is 11.9. The van der Waals surface area contributed by atoms with Gasteiger partial charge in [-0.05, 0) is 87.5 Å². The van der Waals surface area contributed by atoms with Crippen LogP contribution in [0.15, 0.2) is 64.2 Å². The topological polar surface area (TPSA) is 118 Å². The van der Waals surface area contributed by atoms with E-state index in [-0.39, 0.29) is 46.1 Å². The second-order valence-electron chi connectivity index (χ2n) is 12.1. The van der Waals surface area contributed by atoms with E-state index in [9.17, 15) is 18.3 Å². The predicted octanol–water partition coefficient (Wildman–Crippen LogP) is 5.49. The summed E-state index contributed by atoms with van der Waals surface area (Å²) in [6, 6.07) is 15.5. The molecule has 1 aliphatic rings. The van der Waals surface area contributed by atoms with Crippen molar-refractivity contribution < 1.29 is 32.5 Å². The number of hydrogen-bond donors (Lipinski definition) is 2. The van der Waals surface area contributed by atoms with Gasteiger partial charge in [-0.15, -0.1) is 11.3 Å². The lowest BCUT2D eigenvalue weighted by molar-refractivity contribution is -0.0177. The molecule has 10 nitrogen and oxygen atoms in total. The Morgan fingerprint density at radius 3 is 2.59 bits per heavy atom. The average Bonchev–Trinajstić information content (AvgIpc) is 3.59. The summed E-state index contributed by atoms with van der Waals surface area (Å²) in [7, 11) is -0.122. The minimum Gasteiger partial charge on any atom is -0.497 e. The van der Waals surface area contributed by atoms with Crippen LogP contribution in [0.5, 0.6) is 11.5 Å². The van der Waals surface area contributed by atoms with Crippen LogP contribution in [0, 0.1) is 5.92 Å². The lowest BCUT2D eigenvalue weighted by Gasteiger charge is -2.36. The number of anilines is 1. The first-order valence-electron chi connectivity index (χ1n) is 15.7. The number of rotatable bonds is 10. The number of amides is 1. The molecule has 2 aromatic carbocycles. The first-order valence-corrected chi connectivity index (χ1v) is 18.1.